The Morgan fingerprint density at radius 2 is 0.976 bits per heavy atom. The van der Waals surface area contributed by atoms with Crippen LogP contribution in [0.15, 0.2) is 54.6 Å². The Morgan fingerprint density at radius 3 is 1.41 bits per heavy atom. The largest absolute Gasteiger partial charge is 0.491 e. The lowest BCUT2D eigenvalue weighted by atomic mass is 10.1. The topological polar surface area (TPSA) is 151 Å². The van der Waals surface area contributed by atoms with E-state index in [4.69, 9.17) is 37.9 Å². The van der Waals surface area contributed by atoms with Crippen molar-refractivity contribution in [3.05, 3.63) is 70.3 Å². The Bertz CT molecular complexity index is 987. The molecule has 0 atom stereocenters. The Morgan fingerprint density at radius 1 is 0.561 bits per heavy atom. The van der Waals surface area contributed by atoms with E-state index in [2.05, 4.69) is 0 Å². The number of esters is 1. The Hall–Kier alpha value is -3.46. The van der Waals surface area contributed by atoms with Gasteiger partial charge in [0.25, 0.3) is 11.5 Å². The fourth-order valence-corrected chi connectivity index (χ4v) is 3.05. The molecule has 0 aromatic heterocycles. The van der Waals surface area contributed by atoms with Gasteiger partial charge in [-0.1, -0.05) is 30.3 Å². The molecular formula is C28H37NO12. The van der Waals surface area contributed by atoms with Crippen molar-refractivity contribution >= 4 is 17.4 Å². The number of hydrogen-bond acceptors (Lipinski definition) is 12. The van der Waals surface area contributed by atoms with Gasteiger partial charge in [-0.3, -0.25) is 14.9 Å². The second-order valence-electron chi connectivity index (χ2n) is 8.10. The zero-order chi connectivity index (χ0) is 29.4. The molecule has 0 heterocycles. The SMILES string of the molecule is O=C(OCCOCCOCCOCCOCCOCCOCCOc1ccc([N+](=O)[O-])cc1)C(=O)c1ccccc1. The normalized spacial score (nSPS) is 10.8. The summed E-state index contributed by atoms with van der Waals surface area (Å²) in [5, 5.41) is 10.6. The van der Waals surface area contributed by atoms with Crippen molar-refractivity contribution in [3.8, 4) is 5.75 Å². The quantitative estimate of drug-likeness (QED) is 0.0424. The van der Waals surface area contributed by atoms with E-state index in [9.17, 15) is 19.7 Å². The summed E-state index contributed by atoms with van der Waals surface area (Å²) in [6, 6.07) is 14.1. The minimum absolute atomic E-state index is 0.0114. The first-order chi connectivity index (χ1) is 20.1. The maximum atomic E-state index is 11.9. The summed E-state index contributed by atoms with van der Waals surface area (Å²) in [7, 11) is 0. The molecule has 0 amide bonds. The molecule has 0 aliphatic rings. The highest BCUT2D eigenvalue weighted by atomic mass is 16.6. The zero-order valence-electron chi connectivity index (χ0n) is 22.9. The summed E-state index contributed by atoms with van der Waals surface area (Å²) in [4.78, 5) is 33.7. The minimum Gasteiger partial charge on any atom is -0.491 e. The minimum atomic E-state index is -0.905. The molecule has 0 aliphatic carbocycles. The van der Waals surface area contributed by atoms with Crippen molar-refractivity contribution in [2.24, 2.45) is 0 Å². The molecule has 0 radical (unpaired) electrons. The fraction of sp³-hybridized carbons (Fsp3) is 0.500. The van der Waals surface area contributed by atoms with Gasteiger partial charge in [0.1, 0.15) is 19.0 Å². The van der Waals surface area contributed by atoms with Gasteiger partial charge in [0.2, 0.25) is 0 Å². The lowest BCUT2D eigenvalue weighted by molar-refractivity contribution is -0.384. The van der Waals surface area contributed by atoms with Crippen molar-refractivity contribution in [3.63, 3.8) is 0 Å². The first-order valence-electron chi connectivity index (χ1n) is 13.2. The van der Waals surface area contributed by atoms with Crippen molar-refractivity contribution in [1.82, 2.24) is 0 Å². The van der Waals surface area contributed by atoms with Crippen molar-refractivity contribution < 1.29 is 52.4 Å². The van der Waals surface area contributed by atoms with Crippen molar-refractivity contribution in [2.45, 2.75) is 0 Å². The summed E-state index contributed by atoms with van der Waals surface area (Å²) < 4.78 is 42.7. The van der Waals surface area contributed by atoms with Crippen LogP contribution in [-0.2, 0) is 38.0 Å². The van der Waals surface area contributed by atoms with E-state index in [1.54, 1.807) is 42.5 Å². The number of benzene rings is 2. The number of nitrogens with zero attached hydrogens (tertiary/aromatic N) is 1. The predicted octanol–water partition coefficient (Wildman–Crippen LogP) is 2.50. The van der Waals surface area contributed by atoms with Crippen LogP contribution in [0.1, 0.15) is 10.4 Å². The number of non-ortho nitro benzene ring substituents is 1. The molecular weight excluding hydrogens is 542 g/mol. The van der Waals surface area contributed by atoms with E-state index in [-0.39, 0.29) is 24.5 Å². The van der Waals surface area contributed by atoms with Crippen LogP contribution in [0.5, 0.6) is 5.75 Å². The first-order valence-corrected chi connectivity index (χ1v) is 13.2. The summed E-state index contributed by atoms with van der Waals surface area (Å²) in [5.41, 5.74) is 0.305. The lowest BCUT2D eigenvalue weighted by Gasteiger charge is -2.09. The molecule has 2 aromatic rings. The molecule has 0 aliphatic heterocycles. The first kappa shape index (κ1) is 33.7. The molecule has 0 fully saturated rings. The number of hydrogen-bond donors (Lipinski definition) is 0. The van der Waals surface area contributed by atoms with Gasteiger partial charge in [0.15, 0.2) is 0 Å². The molecule has 0 saturated heterocycles. The lowest BCUT2D eigenvalue weighted by Crippen LogP contribution is -2.20. The maximum Gasteiger partial charge on any atom is 0.379 e. The average Bonchev–Trinajstić information content (AvgIpc) is 2.99. The monoisotopic (exact) mass is 579 g/mol. The summed E-state index contributed by atoms with van der Waals surface area (Å²) in [6.45, 7) is 4.99. The van der Waals surface area contributed by atoms with Gasteiger partial charge in [0.05, 0.1) is 84.2 Å². The second-order valence-corrected chi connectivity index (χ2v) is 8.10. The third kappa shape index (κ3) is 16.4. The molecule has 2 rings (SSSR count). The summed E-state index contributed by atoms with van der Waals surface area (Å²) >= 11 is 0. The van der Waals surface area contributed by atoms with Crippen LogP contribution in [0.25, 0.3) is 0 Å². The number of rotatable bonds is 25. The fourth-order valence-electron chi connectivity index (χ4n) is 3.05. The number of ether oxygens (including phenoxy) is 8. The average molecular weight is 580 g/mol. The standard InChI is InChI=1S/C28H37NO12/c30-27(24-4-2-1-3-5-24)28(31)41-23-21-39-19-17-37-15-13-35-11-10-34-12-14-36-16-18-38-20-22-40-26-8-6-25(7-9-26)29(32)33/h1-9H,10-23H2. The highest BCUT2D eigenvalue weighted by molar-refractivity contribution is 6.40. The molecule has 2 aromatic carbocycles. The Kier molecular flexibility index (Phi) is 18.3. The number of Topliss-reactive ketones (excluding diaryl/α,β-unsaturated/α-hetero) is 1. The molecule has 226 valence electrons. The van der Waals surface area contributed by atoms with E-state index in [1.165, 1.54) is 12.1 Å². The number of carbonyl (C=O) groups excluding carboxylic acids is 2. The second kappa shape index (κ2) is 22.3. The Balaban J connectivity index is 1.24. The number of nitro benzene ring substituents is 1. The van der Waals surface area contributed by atoms with Gasteiger partial charge in [-0.25, -0.2) is 4.79 Å². The number of ketones is 1. The summed E-state index contributed by atoms with van der Waals surface area (Å²) in [5.74, 6) is -1.04. The molecule has 0 N–H and O–H groups in total. The van der Waals surface area contributed by atoms with Gasteiger partial charge < -0.3 is 37.9 Å². The van der Waals surface area contributed by atoms with E-state index in [1.807, 2.05) is 0 Å². The maximum absolute atomic E-state index is 11.9. The Labute approximate surface area is 238 Å². The van der Waals surface area contributed by atoms with Crippen molar-refractivity contribution in [1.29, 1.82) is 0 Å². The molecule has 13 nitrogen and oxygen atoms in total. The van der Waals surface area contributed by atoms with Crippen LogP contribution in [0, 0.1) is 10.1 Å². The van der Waals surface area contributed by atoms with Gasteiger partial charge in [-0.05, 0) is 12.1 Å². The van der Waals surface area contributed by atoms with Gasteiger partial charge >= 0.3 is 5.97 Å². The highest BCUT2D eigenvalue weighted by Crippen LogP contribution is 2.17. The smallest absolute Gasteiger partial charge is 0.379 e. The molecule has 0 saturated carbocycles. The van der Waals surface area contributed by atoms with Crippen LogP contribution in [0.2, 0.25) is 0 Å². The van der Waals surface area contributed by atoms with E-state index in [0.29, 0.717) is 85.0 Å². The van der Waals surface area contributed by atoms with Gasteiger partial charge in [-0.2, -0.15) is 0 Å². The van der Waals surface area contributed by atoms with Crippen LogP contribution in [-0.4, -0.2) is 109 Å². The van der Waals surface area contributed by atoms with Crippen LogP contribution in [0.4, 0.5) is 5.69 Å². The van der Waals surface area contributed by atoms with Crippen molar-refractivity contribution in [2.75, 3.05) is 92.5 Å². The summed E-state index contributed by atoms with van der Waals surface area (Å²) in [6.07, 6.45) is 0. The van der Waals surface area contributed by atoms with E-state index < -0.39 is 16.7 Å². The predicted molar refractivity (Wildman–Crippen MR) is 145 cm³/mol. The highest BCUT2D eigenvalue weighted by Gasteiger charge is 2.17. The zero-order valence-corrected chi connectivity index (χ0v) is 22.9. The van der Waals surface area contributed by atoms with Crippen LogP contribution in [0.3, 0.4) is 0 Å². The van der Waals surface area contributed by atoms with E-state index in [0.717, 1.165) is 0 Å². The third-order valence-electron chi connectivity index (χ3n) is 5.09. The van der Waals surface area contributed by atoms with Gasteiger partial charge in [-0.15, -0.1) is 0 Å². The third-order valence-corrected chi connectivity index (χ3v) is 5.09. The number of nitro groups is 1. The van der Waals surface area contributed by atoms with Gasteiger partial charge in [0, 0.05) is 17.7 Å². The van der Waals surface area contributed by atoms with Crippen LogP contribution >= 0.6 is 0 Å². The molecule has 0 bridgehead atoms. The molecule has 0 spiro atoms. The number of carbonyl (C=O) groups is 2. The van der Waals surface area contributed by atoms with E-state index >= 15 is 0 Å². The molecule has 13 heteroatoms. The molecule has 0 unspecified atom stereocenters. The van der Waals surface area contributed by atoms with Crippen LogP contribution < -0.4 is 4.74 Å². The molecule has 41 heavy (non-hydrogen) atoms.